The largest absolute Gasteiger partial charge is 0.478 e. The van der Waals surface area contributed by atoms with Gasteiger partial charge in [0.2, 0.25) is 0 Å². The van der Waals surface area contributed by atoms with E-state index in [0.29, 0.717) is 11.6 Å². The summed E-state index contributed by atoms with van der Waals surface area (Å²) in [6.45, 7) is 0.746. The van der Waals surface area contributed by atoms with E-state index in [-0.39, 0.29) is 10.0 Å². The molecule has 0 heterocycles. The number of carbonyl (C=O) groups is 1. The molecule has 0 atom stereocenters. The number of hydrogen-bond donors (Lipinski definition) is 2. The molecule has 19 heavy (non-hydrogen) atoms. The first-order valence-corrected chi connectivity index (χ1v) is 7.34. The van der Waals surface area contributed by atoms with Crippen molar-refractivity contribution in [3.05, 3.63) is 28.0 Å². The lowest BCUT2D eigenvalue weighted by molar-refractivity contribution is 0.0695. The fourth-order valence-corrected chi connectivity index (χ4v) is 3.01. The number of carboxylic acids is 1. The summed E-state index contributed by atoms with van der Waals surface area (Å²) in [5.74, 6) is -1.08. The van der Waals surface area contributed by atoms with E-state index in [1.165, 1.54) is 44.2 Å². The van der Waals surface area contributed by atoms with Crippen molar-refractivity contribution in [2.45, 2.75) is 32.1 Å². The van der Waals surface area contributed by atoms with Gasteiger partial charge in [-0.05, 0) is 46.8 Å². The normalized spacial score (nSPS) is 16.3. The highest BCUT2D eigenvalue weighted by atomic mass is 79.9. The molecule has 0 bridgehead atoms. The molecule has 1 aliphatic rings. The molecule has 1 aromatic carbocycles. The lowest BCUT2D eigenvalue weighted by Crippen LogP contribution is -2.18. The van der Waals surface area contributed by atoms with Crippen molar-refractivity contribution < 1.29 is 14.3 Å². The molecule has 1 aliphatic carbocycles. The summed E-state index contributed by atoms with van der Waals surface area (Å²) in [6, 6.07) is 2.91. The summed E-state index contributed by atoms with van der Waals surface area (Å²) < 4.78 is 14.0. The van der Waals surface area contributed by atoms with Crippen molar-refractivity contribution in [1.82, 2.24) is 0 Å². The van der Waals surface area contributed by atoms with Crippen LogP contribution in [0.5, 0.6) is 0 Å². The first-order valence-electron chi connectivity index (χ1n) is 6.54. The molecule has 0 unspecified atom stereocenters. The number of benzene rings is 1. The average molecular weight is 330 g/mol. The number of aromatic carboxylic acids is 1. The molecule has 0 amide bonds. The van der Waals surface area contributed by atoms with Gasteiger partial charge in [0.05, 0.1) is 15.7 Å². The van der Waals surface area contributed by atoms with E-state index in [1.54, 1.807) is 0 Å². The van der Waals surface area contributed by atoms with Crippen LogP contribution in [0, 0.1) is 11.7 Å². The summed E-state index contributed by atoms with van der Waals surface area (Å²) in [5.41, 5.74) is 0.308. The van der Waals surface area contributed by atoms with E-state index >= 15 is 0 Å². The molecule has 1 saturated carbocycles. The quantitative estimate of drug-likeness (QED) is 0.866. The van der Waals surface area contributed by atoms with E-state index in [4.69, 9.17) is 5.11 Å². The van der Waals surface area contributed by atoms with Gasteiger partial charge in [0.25, 0.3) is 0 Å². The van der Waals surface area contributed by atoms with E-state index in [0.717, 1.165) is 6.54 Å². The van der Waals surface area contributed by atoms with Gasteiger partial charge in [0, 0.05) is 6.54 Å². The van der Waals surface area contributed by atoms with Crippen LogP contribution in [0.3, 0.4) is 0 Å². The molecule has 0 spiro atoms. The highest BCUT2D eigenvalue weighted by molar-refractivity contribution is 9.10. The zero-order valence-corrected chi connectivity index (χ0v) is 12.2. The third kappa shape index (κ3) is 3.47. The van der Waals surface area contributed by atoms with Gasteiger partial charge in [-0.2, -0.15) is 0 Å². The van der Waals surface area contributed by atoms with Gasteiger partial charge in [-0.1, -0.05) is 19.3 Å². The Kier molecular flexibility index (Phi) is 4.80. The molecule has 5 heteroatoms. The van der Waals surface area contributed by atoms with Crippen molar-refractivity contribution in [3.8, 4) is 0 Å². The summed E-state index contributed by atoms with van der Waals surface area (Å²) in [6.07, 6.45) is 6.16. The monoisotopic (exact) mass is 329 g/mol. The Hall–Kier alpha value is -1.10. The highest BCUT2D eigenvalue weighted by Gasteiger charge is 2.17. The standard InChI is InChI=1S/C14H17BrFNO2/c15-12-10(14(18)19)6-7-11(13(12)16)17-8-9-4-2-1-3-5-9/h6-7,9,17H,1-5,8H2,(H,18,19). The summed E-state index contributed by atoms with van der Waals surface area (Å²) in [4.78, 5) is 10.9. The van der Waals surface area contributed by atoms with Crippen molar-refractivity contribution in [3.63, 3.8) is 0 Å². The Labute approximate surface area is 120 Å². The van der Waals surface area contributed by atoms with Gasteiger partial charge in [-0.3, -0.25) is 0 Å². The molecule has 0 saturated heterocycles. The maximum absolute atomic E-state index is 14.0. The molecule has 1 aromatic rings. The first-order chi connectivity index (χ1) is 9.09. The maximum atomic E-state index is 14.0. The maximum Gasteiger partial charge on any atom is 0.336 e. The Morgan fingerprint density at radius 2 is 2.05 bits per heavy atom. The predicted octanol–water partition coefficient (Wildman–Crippen LogP) is 4.28. The Bertz CT molecular complexity index is 473. The van der Waals surface area contributed by atoms with Crippen molar-refractivity contribution in [2.75, 3.05) is 11.9 Å². The molecule has 104 valence electrons. The topological polar surface area (TPSA) is 49.3 Å². The molecule has 2 rings (SSSR count). The lowest BCUT2D eigenvalue weighted by atomic mass is 9.89. The van der Waals surface area contributed by atoms with Crippen LogP contribution in [-0.2, 0) is 0 Å². The van der Waals surface area contributed by atoms with Crippen molar-refractivity contribution in [2.24, 2.45) is 5.92 Å². The van der Waals surface area contributed by atoms with E-state index in [2.05, 4.69) is 21.2 Å². The number of rotatable bonds is 4. The zero-order chi connectivity index (χ0) is 13.8. The fourth-order valence-electron chi connectivity index (χ4n) is 2.50. The Morgan fingerprint density at radius 3 is 2.68 bits per heavy atom. The molecular formula is C14H17BrFNO2. The van der Waals surface area contributed by atoms with Crippen LogP contribution in [0.25, 0.3) is 0 Å². The second kappa shape index (κ2) is 6.37. The lowest BCUT2D eigenvalue weighted by Gasteiger charge is -2.22. The number of nitrogens with one attached hydrogen (secondary N) is 1. The van der Waals surface area contributed by atoms with Crippen LogP contribution in [0.15, 0.2) is 16.6 Å². The van der Waals surface area contributed by atoms with Crippen LogP contribution in [-0.4, -0.2) is 17.6 Å². The third-order valence-corrected chi connectivity index (χ3v) is 4.39. The smallest absolute Gasteiger partial charge is 0.336 e. The van der Waals surface area contributed by atoms with E-state index in [9.17, 15) is 9.18 Å². The van der Waals surface area contributed by atoms with Gasteiger partial charge in [-0.15, -0.1) is 0 Å². The number of anilines is 1. The fraction of sp³-hybridized carbons (Fsp3) is 0.500. The van der Waals surface area contributed by atoms with Crippen molar-refractivity contribution in [1.29, 1.82) is 0 Å². The molecule has 0 radical (unpaired) electrons. The molecule has 0 aliphatic heterocycles. The van der Waals surface area contributed by atoms with Gasteiger partial charge < -0.3 is 10.4 Å². The van der Waals surface area contributed by atoms with Crippen LogP contribution >= 0.6 is 15.9 Å². The summed E-state index contributed by atoms with van der Waals surface area (Å²) >= 11 is 3.00. The number of halogens is 2. The van der Waals surface area contributed by atoms with Gasteiger partial charge in [0.1, 0.15) is 0 Å². The average Bonchev–Trinajstić information content (AvgIpc) is 2.41. The van der Waals surface area contributed by atoms with Gasteiger partial charge in [-0.25, -0.2) is 9.18 Å². The van der Waals surface area contributed by atoms with Gasteiger partial charge >= 0.3 is 5.97 Å². The Morgan fingerprint density at radius 1 is 1.37 bits per heavy atom. The van der Waals surface area contributed by atoms with Crippen LogP contribution in [0.1, 0.15) is 42.5 Å². The third-order valence-electron chi connectivity index (χ3n) is 3.62. The molecule has 0 aromatic heterocycles. The Balaban J connectivity index is 2.04. The highest BCUT2D eigenvalue weighted by Crippen LogP contribution is 2.29. The summed E-state index contributed by atoms with van der Waals surface area (Å²) in [5, 5.41) is 12.0. The minimum absolute atomic E-state index is 0.00800. The minimum Gasteiger partial charge on any atom is -0.478 e. The van der Waals surface area contributed by atoms with Crippen molar-refractivity contribution >= 4 is 27.6 Å². The molecule has 2 N–H and O–H groups in total. The van der Waals surface area contributed by atoms with E-state index < -0.39 is 11.8 Å². The molecular weight excluding hydrogens is 313 g/mol. The first kappa shape index (κ1) is 14.3. The SMILES string of the molecule is O=C(O)c1ccc(NCC2CCCCC2)c(F)c1Br. The van der Waals surface area contributed by atoms with E-state index in [1.807, 2.05) is 0 Å². The van der Waals surface area contributed by atoms with Crippen LogP contribution < -0.4 is 5.32 Å². The molecule has 1 fully saturated rings. The zero-order valence-electron chi connectivity index (χ0n) is 10.6. The predicted molar refractivity (Wildman–Crippen MR) is 76.1 cm³/mol. The second-order valence-corrected chi connectivity index (χ2v) is 5.77. The second-order valence-electron chi connectivity index (χ2n) is 4.98. The van der Waals surface area contributed by atoms with Crippen LogP contribution in [0.2, 0.25) is 0 Å². The number of carboxylic acid groups (broad SMARTS) is 1. The molecule has 3 nitrogen and oxygen atoms in total. The van der Waals surface area contributed by atoms with Crippen LogP contribution in [0.4, 0.5) is 10.1 Å². The number of hydrogen-bond acceptors (Lipinski definition) is 2. The summed E-state index contributed by atoms with van der Waals surface area (Å²) in [7, 11) is 0. The van der Waals surface area contributed by atoms with Gasteiger partial charge in [0.15, 0.2) is 5.82 Å². The minimum atomic E-state index is -1.13.